The third kappa shape index (κ3) is 3.87. The lowest BCUT2D eigenvalue weighted by Crippen LogP contribution is -2.51. The van der Waals surface area contributed by atoms with Gasteiger partial charge in [-0.25, -0.2) is 4.79 Å². The SMILES string of the molecule is Cn1cc(C(=O)N2CCN(C(=O)OC(C)(C)C)CC2)c2cc(Br)ccc21. The number of fused-ring (bicyclic) bond motifs is 1. The first-order chi connectivity index (χ1) is 12.2. The number of aryl methyl sites for hydroxylation is 1. The first-order valence-electron chi connectivity index (χ1n) is 8.67. The van der Waals surface area contributed by atoms with Crippen LogP contribution in [0.3, 0.4) is 0 Å². The Bertz CT molecular complexity index is 846. The first kappa shape index (κ1) is 18.8. The van der Waals surface area contributed by atoms with Crippen LogP contribution in [0.4, 0.5) is 4.79 Å². The molecule has 1 aromatic heterocycles. The van der Waals surface area contributed by atoms with Gasteiger partial charge in [-0.15, -0.1) is 0 Å². The van der Waals surface area contributed by atoms with E-state index in [2.05, 4.69) is 15.9 Å². The molecule has 0 atom stereocenters. The maximum atomic E-state index is 13.0. The molecule has 0 radical (unpaired) electrons. The van der Waals surface area contributed by atoms with E-state index in [0.717, 1.165) is 15.4 Å². The Kier molecular flexibility index (Phi) is 5.01. The Labute approximate surface area is 161 Å². The summed E-state index contributed by atoms with van der Waals surface area (Å²) in [7, 11) is 1.94. The van der Waals surface area contributed by atoms with E-state index in [4.69, 9.17) is 4.74 Å². The Hall–Kier alpha value is -2.02. The predicted octanol–water partition coefficient (Wildman–Crippen LogP) is 3.63. The van der Waals surface area contributed by atoms with Crippen molar-refractivity contribution in [2.45, 2.75) is 26.4 Å². The van der Waals surface area contributed by atoms with Crippen molar-refractivity contribution in [2.75, 3.05) is 26.2 Å². The molecule has 6 nitrogen and oxygen atoms in total. The molecule has 0 spiro atoms. The summed E-state index contributed by atoms with van der Waals surface area (Å²) in [5.41, 5.74) is 1.19. The largest absolute Gasteiger partial charge is 0.444 e. The van der Waals surface area contributed by atoms with E-state index in [1.165, 1.54) is 0 Å². The fourth-order valence-electron chi connectivity index (χ4n) is 3.12. The summed E-state index contributed by atoms with van der Waals surface area (Å²) in [5.74, 6) is -0.00228. The van der Waals surface area contributed by atoms with Crippen molar-refractivity contribution in [3.05, 3.63) is 34.4 Å². The maximum Gasteiger partial charge on any atom is 0.410 e. The second-order valence-corrected chi connectivity index (χ2v) is 8.49. The van der Waals surface area contributed by atoms with Crippen LogP contribution in [-0.4, -0.2) is 58.1 Å². The Morgan fingerprint density at radius 2 is 1.69 bits per heavy atom. The van der Waals surface area contributed by atoms with Crippen LogP contribution in [-0.2, 0) is 11.8 Å². The van der Waals surface area contributed by atoms with Crippen molar-refractivity contribution in [1.29, 1.82) is 0 Å². The van der Waals surface area contributed by atoms with Crippen LogP contribution in [0.25, 0.3) is 10.9 Å². The number of benzene rings is 1. The molecule has 2 heterocycles. The molecule has 0 saturated carbocycles. The molecule has 2 aromatic rings. The Morgan fingerprint density at radius 3 is 2.31 bits per heavy atom. The normalized spacial score (nSPS) is 15.4. The van der Waals surface area contributed by atoms with Gasteiger partial charge in [0.15, 0.2) is 0 Å². The van der Waals surface area contributed by atoms with E-state index in [9.17, 15) is 9.59 Å². The number of aromatic nitrogens is 1. The summed E-state index contributed by atoms with van der Waals surface area (Å²) >= 11 is 3.48. The number of hydrogen-bond donors (Lipinski definition) is 0. The smallest absolute Gasteiger partial charge is 0.410 e. The topological polar surface area (TPSA) is 54.8 Å². The molecule has 0 N–H and O–H groups in total. The van der Waals surface area contributed by atoms with Crippen molar-refractivity contribution in [2.24, 2.45) is 7.05 Å². The number of ether oxygens (including phenoxy) is 1. The molecule has 0 unspecified atom stereocenters. The molecule has 1 aromatic carbocycles. The first-order valence-corrected chi connectivity index (χ1v) is 9.47. The third-order valence-corrected chi connectivity index (χ3v) is 4.89. The fourth-order valence-corrected chi connectivity index (χ4v) is 3.48. The molecule has 26 heavy (non-hydrogen) atoms. The number of rotatable bonds is 1. The second-order valence-electron chi connectivity index (χ2n) is 7.57. The number of carbonyl (C=O) groups is 2. The lowest BCUT2D eigenvalue weighted by atomic mass is 10.1. The highest BCUT2D eigenvalue weighted by molar-refractivity contribution is 9.10. The van der Waals surface area contributed by atoms with E-state index in [-0.39, 0.29) is 12.0 Å². The molecule has 140 valence electrons. The zero-order chi connectivity index (χ0) is 19.1. The van der Waals surface area contributed by atoms with Crippen LogP contribution >= 0.6 is 15.9 Å². The van der Waals surface area contributed by atoms with Gasteiger partial charge in [-0.05, 0) is 39.0 Å². The maximum absolute atomic E-state index is 13.0. The highest BCUT2D eigenvalue weighted by atomic mass is 79.9. The van der Waals surface area contributed by atoms with E-state index in [0.29, 0.717) is 31.7 Å². The molecule has 0 aliphatic carbocycles. The molecule has 1 aliphatic heterocycles. The van der Waals surface area contributed by atoms with Crippen molar-refractivity contribution < 1.29 is 14.3 Å². The third-order valence-electron chi connectivity index (χ3n) is 4.40. The van der Waals surface area contributed by atoms with E-state index >= 15 is 0 Å². The Balaban J connectivity index is 1.71. The minimum absolute atomic E-state index is 0.00228. The summed E-state index contributed by atoms with van der Waals surface area (Å²) in [6.07, 6.45) is 1.55. The van der Waals surface area contributed by atoms with Gasteiger partial charge in [-0.2, -0.15) is 0 Å². The summed E-state index contributed by atoms with van der Waals surface area (Å²) < 4.78 is 8.32. The average Bonchev–Trinajstić information content (AvgIpc) is 2.89. The fraction of sp³-hybridized carbons (Fsp3) is 0.474. The summed E-state index contributed by atoms with van der Waals surface area (Å²) in [6.45, 7) is 7.52. The summed E-state index contributed by atoms with van der Waals surface area (Å²) in [5, 5.41) is 0.932. The monoisotopic (exact) mass is 421 g/mol. The number of hydrogen-bond acceptors (Lipinski definition) is 3. The van der Waals surface area contributed by atoms with E-state index in [1.807, 2.05) is 56.8 Å². The van der Waals surface area contributed by atoms with Crippen molar-refractivity contribution in [1.82, 2.24) is 14.4 Å². The average molecular weight is 422 g/mol. The molecule has 1 fully saturated rings. The standard InChI is InChI=1S/C19H24BrN3O3/c1-19(2,3)26-18(25)23-9-7-22(8-10-23)17(24)15-12-21(4)16-6-5-13(20)11-14(15)16/h5-6,11-12H,7-10H2,1-4H3. The van der Waals surface area contributed by atoms with Crippen LogP contribution in [0, 0.1) is 0 Å². The van der Waals surface area contributed by atoms with Crippen LogP contribution in [0.5, 0.6) is 0 Å². The van der Waals surface area contributed by atoms with Gasteiger partial charge in [0.2, 0.25) is 0 Å². The van der Waals surface area contributed by atoms with Crippen LogP contribution < -0.4 is 0 Å². The van der Waals surface area contributed by atoms with Crippen LogP contribution in [0.2, 0.25) is 0 Å². The van der Waals surface area contributed by atoms with E-state index < -0.39 is 5.60 Å². The minimum Gasteiger partial charge on any atom is -0.444 e. The molecule has 7 heteroatoms. The van der Waals surface area contributed by atoms with Crippen LogP contribution in [0.1, 0.15) is 31.1 Å². The molecular formula is C19H24BrN3O3. The van der Waals surface area contributed by atoms with Gasteiger partial charge in [0.05, 0.1) is 5.56 Å². The zero-order valence-electron chi connectivity index (χ0n) is 15.6. The van der Waals surface area contributed by atoms with Gasteiger partial charge in [-0.3, -0.25) is 4.79 Å². The molecular weight excluding hydrogens is 398 g/mol. The summed E-state index contributed by atoms with van der Waals surface area (Å²) in [4.78, 5) is 28.6. The van der Waals surface area contributed by atoms with Crippen LogP contribution in [0.15, 0.2) is 28.9 Å². The van der Waals surface area contributed by atoms with Crippen molar-refractivity contribution in [3.63, 3.8) is 0 Å². The van der Waals surface area contributed by atoms with Gasteiger partial charge in [0.1, 0.15) is 5.60 Å². The number of nitrogens with zero attached hydrogens (tertiary/aromatic N) is 3. The quantitative estimate of drug-likeness (QED) is 0.706. The summed E-state index contributed by atoms with van der Waals surface area (Å²) in [6, 6.07) is 5.94. The molecule has 1 aliphatic rings. The predicted molar refractivity (Wildman–Crippen MR) is 104 cm³/mol. The van der Waals surface area contributed by atoms with E-state index in [1.54, 1.807) is 9.80 Å². The number of amides is 2. The molecule has 1 saturated heterocycles. The lowest BCUT2D eigenvalue weighted by molar-refractivity contribution is 0.0141. The van der Waals surface area contributed by atoms with Crippen molar-refractivity contribution >= 4 is 38.8 Å². The number of carbonyl (C=O) groups excluding carboxylic acids is 2. The minimum atomic E-state index is -0.514. The molecule has 0 bridgehead atoms. The van der Waals surface area contributed by atoms with Gasteiger partial charge < -0.3 is 19.1 Å². The van der Waals surface area contributed by atoms with Gasteiger partial charge in [0, 0.05) is 54.8 Å². The number of halogens is 1. The molecule has 3 rings (SSSR count). The van der Waals surface area contributed by atoms with Gasteiger partial charge in [0.25, 0.3) is 5.91 Å². The van der Waals surface area contributed by atoms with Gasteiger partial charge >= 0.3 is 6.09 Å². The second kappa shape index (κ2) is 6.95. The Morgan fingerprint density at radius 1 is 1.08 bits per heavy atom. The lowest BCUT2D eigenvalue weighted by Gasteiger charge is -2.35. The van der Waals surface area contributed by atoms with Crippen molar-refractivity contribution in [3.8, 4) is 0 Å². The molecule has 2 amide bonds. The number of piperazine rings is 1. The highest BCUT2D eigenvalue weighted by Gasteiger charge is 2.29. The van der Waals surface area contributed by atoms with Gasteiger partial charge in [-0.1, -0.05) is 15.9 Å². The highest BCUT2D eigenvalue weighted by Crippen LogP contribution is 2.26. The zero-order valence-corrected chi connectivity index (χ0v) is 17.2.